The van der Waals surface area contributed by atoms with Crippen LogP contribution in [0.3, 0.4) is 0 Å². The third-order valence-electron chi connectivity index (χ3n) is 3.20. The number of nitrogens with two attached hydrogens (primary N) is 1. The number of carbonyl (C=O) groups is 1. The molecule has 2 rings (SSSR count). The number of hydrogen-bond acceptors (Lipinski definition) is 6. The highest BCUT2D eigenvalue weighted by molar-refractivity contribution is 7.98. The number of carboxylic acids is 1. The lowest BCUT2D eigenvalue weighted by molar-refractivity contribution is -0.137. The summed E-state index contributed by atoms with van der Waals surface area (Å²) in [7, 11) is -3.68. The highest BCUT2D eigenvalue weighted by Gasteiger charge is 2.14. The van der Waals surface area contributed by atoms with Gasteiger partial charge >= 0.3 is 5.97 Å². The lowest BCUT2D eigenvalue weighted by Crippen LogP contribution is -2.32. The van der Waals surface area contributed by atoms with Gasteiger partial charge in [-0.25, -0.2) is 0 Å². The quantitative estimate of drug-likeness (QED) is 0.692. The van der Waals surface area contributed by atoms with Crippen molar-refractivity contribution < 1.29 is 22.5 Å². The van der Waals surface area contributed by atoms with E-state index in [4.69, 9.17) is 15.0 Å². The molecule has 0 saturated heterocycles. The van der Waals surface area contributed by atoms with E-state index in [2.05, 4.69) is 0 Å². The van der Waals surface area contributed by atoms with Gasteiger partial charge in [-0.05, 0) is 30.9 Å². The van der Waals surface area contributed by atoms with E-state index >= 15 is 0 Å². The molecular formula is C18H23NO5S2. The minimum atomic E-state index is -3.68. The smallest absolute Gasteiger partial charge is 0.321 e. The molecule has 8 heteroatoms. The van der Waals surface area contributed by atoms with Gasteiger partial charge in [-0.3, -0.25) is 8.98 Å². The van der Waals surface area contributed by atoms with E-state index in [1.807, 2.05) is 43.5 Å². The third kappa shape index (κ3) is 8.01. The average molecular weight is 398 g/mol. The predicted octanol–water partition coefficient (Wildman–Crippen LogP) is 2.66. The number of aryl methyl sites for hydroxylation is 1. The summed E-state index contributed by atoms with van der Waals surface area (Å²) >= 11 is 1.43. The Morgan fingerprint density at radius 1 is 1.15 bits per heavy atom. The first-order valence-corrected chi connectivity index (χ1v) is 10.5. The van der Waals surface area contributed by atoms with Gasteiger partial charge in [0.15, 0.2) is 0 Å². The molecule has 0 radical (unpaired) electrons. The molecule has 0 aliphatic heterocycles. The van der Waals surface area contributed by atoms with Gasteiger partial charge in [0, 0.05) is 5.75 Å². The molecule has 0 amide bonds. The molecule has 0 bridgehead atoms. The van der Waals surface area contributed by atoms with Gasteiger partial charge in [0.2, 0.25) is 0 Å². The van der Waals surface area contributed by atoms with Crippen LogP contribution >= 0.6 is 11.8 Å². The maximum absolute atomic E-state index is 11.9. The largest absolute Gasteiger partial charge is 0.480 e. The number of thioether (sulfide) groups is 1. The van der Waals surface area contributed by atoms with Crippen LogP contribution in [0.15, 0.2) is 59.5 Å². The predicted molar refractivity (Wildman–Crippen MR) is 104 cm³/mol. The Bertz CT molecular complexity index is 777. The Hall–Kier alpha value is -1.87. The standard InChI is InChI=1S/C14H14O3S.C4H9NO2S/c1-12-7-9-14(10-8-12)18(15,16)17-11-13-5-3-2-4-6-13;1-8-2-3(5)4(6)7/h2-10H,11H2,1H3;3H,2,5H2,1H3,(H,6,7). The van der Waals surface area contributed by atoms with E-state index < -0.39 is 22.1 Å². The number of hydrogen-bond donors (Lipinski definition) is 2. The van der Waals surface area contributed by atoms with E-state index in [1.165, 1.54) is 11.8 Å². The van der Waals surface area contributed by atoms with Crippen LogP contribution in [0.4, 0.5) is 0 Å². The van der Waals surface area contributed by atoms with Crippen LogP contribution in [0.25, 0.3) is 0 Å². The molecule has 0 fully saturated rings. The summed E-state index contributed by atoms with van der Waals surface area (Å²) in [6.45, 7) is 1.96. The van der Waals surface area contributed by atoms with E-state index in [0.717, 1.165) is 11.1 Å². The van der Waals surface area contributed by atoms with E-state index in [-0.39, 0.29) is 11.5 Å². The summed E-state index contributed by atoms with van der Waals surface area (Å²) in [4.78, 5) is 10.1. The van der Waals surface area contributed by atoms with Crippen LogP contribution in [0.1, 0.15) is 11.1 Å². The maximum Gasteiger partial charge on any atom is 0.321 e. The highest BCUT2D eigenvalue weighted by Crippen LogP contribution is 2.15. The molecule has 2 aromatic rings. The van der Waals surface area contributed by atoms with Crippen molar-refractivity contribution in [1.29, 1.82) is 0 Å². The van der Waals surface area contributed by atoms with Crippen molar-refractivity contribution in [2.75, 3.05) is 12.0 Å². The molecule has 1 unspecified atom stereocenters. The van der Waals surface area contributed by atoms with Crippen LogP contribution in [-0.4, -0.2) is 37.5 Å². The lowest BCUT2D eigenvalue weighted by Gasteiger charge is -2.06. The van der Waals surface area contributed by atoms with Gasteiger partial charge in [0.25, 0.3) is 10.1 Å². The minimum absolute atomic E-state index is 0.0526. The van der Waals surface area contributed by atoms with Gasteiger partial charge in [0.1, 0.15) is 6.04 Å². The Labute approximate surface area is 158 Å². The van der Waals surface area contributed by atoms with Crippen molar-refractivity contribution >= 4 is 27.8 Å². The number of aliphatic carboxylic acids is 1. The Balaban J connectivity index is 0.000000359. The fourth-order valence-electron chi connectivity index (χ4n) is 1.74. The summed E-state index contributed by atoms with van der Waals surface area (Å²) < 4.78 is 28.8. The first kappa shape index (κ1) is 22.2. The molecule has 26 heavy (non-hydrogen) atoms. The molecule has 2 aromatic carbocycles. The molecule has 142 valence electrons. The molecule has 0 aliphatic carbocycles. The van der Waals surface area contributed by atoms with E-state index in [9.17, 15) is 13.2 Å². The van der Waals surface area contributed by atoms with Gasteiger partial charge < -0.3 is 10.8 Å². The van der Waals surface area contributed by atoms with Crippen LogP contribution < -0.4 is 5.73 Å². The van der Waals surface area contributed by atoms with Gasteiger partial charge in [0.05, 0.1) is 11.5 Å². The van der Waals surface area contributed by atoms with E-state index in [0.29, 0.717) is 5.75 Å². The normalized spacial score (nSPS) is 12.0. The molecule has 0 aliphatic rings. The summed E-state index contributed by atoms with van der Waals surface area (Å²) in [6.07, 6.45) is 1.82. The zero-order valence-corrected chi connectivity index (χ0v) is 16.3. The molecule has 0 heterocycles. The number of rotatable bonds is 7. The summed E-state index contributed by atoms with van der Waals surface area (Å²) in [5.41, 5.74) is 6.94. The first-order valence-electron chi connectivity index (χ1n) is 7.73. The molecule has 3 N–H and O–H groups in total. The van der Waals surface area contributed by atoms with Crippen LogP contribution in [0.2, 0.25) is 0 Å². The zero-order chi connectivity index (χ0) is 19.6. The monoisotopic (exact) mass is 397 g/mol. The highest BCUT2D eigenvalue weighted by atomic mass is 32.2. The van der Waals surface area contributed by atoms with Gasteiger partial charge in [-0.15, -0.1) is 0 Å². The fraction of sp³-hybridized carbons (Fsp3) is 0.278. The Morgan fingerprint density at radius 2 is 1.73 bits per heavy atom. The third-order valence-corrected chi connectivity index (χ3v) is 5.17. The second-order valence-electron chi connectivity index (χ2n) is 5.42. The molecule has 0 saturated carbocycles. The summed E-state index contributed by atoms with van der Waals surface area (Å²) in [6, 6.07) is 15.1. The topological polar surface area (TPSA) is 107 Å². The van der Waals surface area contributed by atoms with Crippen LogP contribution in [-0.2, 0) is 25.7 Å². The SMILES string of the molecule is CSCC(N)C(=O)O.Cc1ccc(S(=O)(=O)OCc2ccccc2)cc1. The first-order chi connectivity index (χ1) is 12.3. The van der Waals surface area contributed by atoms with Crippen molar-refractivity contribution in [3.63, 3.8) is 0 Å². The molecule has 0 aromatic heterocycles. The molecule has 0 spiro atoms. The van der Waals surface area contributed by atoms with Crippen molar-refractivity contribution in [2.24, 2.45) is 5.73 Å². The number of carboxylic acid groups (broad SMARTS) is 1. The number of benzene rings is 2. The second kappa shape index (κ2) is 11.0. The Kier molecular flexibility index (Phi) is 9.36. The maximum atomic E-state index is 11.9. The average Bonchev–Trinajstić information content (AvgIpc) is 2.62. The van der Waals surface area contributed by atoms with Gasteiger partial charge in [-0.2, -0.15) is 20.2 Å². The summed E-state index contributed by atoms with van der Waals surface area (Å²) in [5.74, 6) is -0.450. The minimum Gasteiger partial charge on any atom is -0.480 e. The zero-order valence-electron chi connectivity index (χ0n) is 14.7. The molecule has 6 nitrogen and oxygen atoms in total. The lowest BCUT2D eigenvalue weighted by atomic mass is 10.2. The Morgan fingerprint density at radius 3 is 2.19 bits per heavy atom. The van der Waals surface area contributed by atoms with Crippen LogP contribution in [0, 0.1) is 6.92 Å². The van der Waals surface area contributed by atoms with Crippen molar-refractivity contribution in [3.8, 4) is 0 Å². The molecular weight excluding hydrogens is 374 g/mol. The summed E-state index contributed by atoms with van der Waals surface area (Å²) in [5, 5.41) is 8.17. The molecule has 1 atom stereocenters. The van der Waals surface area contributed by atoms with Gasteiger partial charge in [-0.1, -0.05) is 48.0 Å². The van der Waals surface area contributed by atoms with Crippen molar-refractivity contribution in [3.05, 3.63) is 65.7 Å². The van der Waals surface area contributed by atoms with E-state index in [1.54, 1.807) is 24.3 Å². The second-order valence-corrected chi connectivity index (χ2v) is 7.94. The van der Waals surface area contributed by atoms with Crippen LogP contribution in [0.5, 0.6) is 0 Å². The van der Waals surface area contributed by atoms with Crippen molar-refractivity contribution in [2.45, 2.75) is 24.5 Å². The fourth-order valence-corrected chi connectivity index (χ4v) is 3.14. The van der Waals surface area contributed by atoms with Crippen molar-refractivity contribution in [1.82, 2.24) is 0 Å².